The first kappa shape index (κ1) is 12.6. The Hall–Kier alpha value is -0.900. The van der Waals surface area contributed by atoms with E-state index in [0.29, 0.717) is 4.73 Å². The third kappa shape index (κ3) is 3.53. The maximum absolute atomic E-state index is 10.7. The first-order valence-electron chi connectivity index (χ1n) is 4.38. The van der Waals surface area contributed by atoms with Crippen molar-refractivity contribution in [2.24, 2.45) is 0 Å². The zero-order valence-corrected chi connectivity index (χ0v) is 11.5. The van der Waals surface area contributed by atoms with Crippen LogP contribution in [0.2, 0.25) is 0 Å². The second kappa shape index (κ2) is 4.77. The quantitative estimate of drug-likeness (QED) is 0.670. The smallest absolute Gasteiger partial charge is 0.281 e. The zero-order valence-electron chi connectivity index (χ0n) is 8.32. The minimum Gasteiger partial charge on any atom is -0.281 e. The van der Waals surface area contributed by atoms with E-state index in [1.54, 1.807) is 24.5 Å². The normalized spacial score (nSPS) is 11.6. The van der Waals surface area contributed by atoms with Gasteiger partial charge in [-0.1, -0.05) is 0 Å². The molecule has 0 aliphatic heterocycles. The predicted octanol–water partition coefficient (Wildman–Crippen LogP) is 1.10. The largest absolute Gasteiger partial charge is 0.326 e. The standard InChI is InChI=1S/C8H6BrN3O3S2/c9-8-10-7(16-11-8)6-1-3-12(4-2-6)5-17(13,14)15/h1-4H,5H2/p+1. The summed E-state index contributed by atoms with van der Waals surface area (Å²) < 4.78 is 35.9. The fourth-order valence-electron chi connectivity index (χ4n) is 1.20. The minimum atomic E-state index is -4.02. The number of aromatic nitrogens is 3. The van der Waals surface area contributed by atoms with Crippen molar-refractivity contribution in [2.45, 2.75) is 5.88 Å². The van der Waals surface area contributed by atoms with Crippen molar-refractivity contribution in [2.75, 3.05) is 0 Å². The zero-order chi connectivity index (χ0) is 12.5. The van der Waals surface area contributed by atoms with Crippen LogP contribution in [0.1, 0.15) is 0 Å². The molecule has 0 amide bonds. The fourth-order valence-corrected chi connectivity index (χ4v) is 2.83. The van der Waals surface area contributed by atoms with Crippen LogP contribution in [0.4, 0.5) is 0 Å². The topological polar surface area (TPSA) is 84.0 Å². The van der Waals surface area contributed by atoms with Crippen LogP contribution in [0.3, 0.4) is 0 Å². The summed E-state index contributed by atoms with van der Waals surface area (Å²) in [6.45, 7) is 0. The van der Waals surface area contributed by atoms with Gasteiger partial charge in [0.05, 0.1) is 0 Å². The van der Waals surface area contributed by atoms with Gasteiger partial charge in [-0.05, 0) is 27.5 Å². The van der Waals surface area contributed by atoms with Gasteiger partial charge in [-0.3, -0.25) is 4.55 Å². The van der Waals surface area contributed by atoms with Gasteiger partial charge in [-0.25, -0.2) is 4.98 Å². The average molecular weight is 337 g/mol. The molecule has 0 fully saturated rings. The van der Waals surface area contributed by atoms with Crippen molar-refractivity contribution < 1.29 is 17.5 Å². The molecule has 0 atom stereocenters. The van der Waals surface area contributed by atoms with Gasteiger partial charge in [-0.15, -0.1) is 0 Å². The summed E-state index contributed by atoms with van der Waals surface area (Å²) in [6, 6.07) is 3.41. The molecule has 0 aliphatic rings. The number of nitrogens with zero attached hydrogens (tertiary/aromatic N) is 3. The summed E-state index contributed by atoms with van der Waals surface area (Å²) in [5.41, 5.74) is 0.833. The maximum Gasteiger partial charge on any atom is 0.326 e. The Balaban J connectivity index is 2.24. The number of halogens is 1. The summed E-state index contributed by atoms with van der Waals surface area (Å²) >= 11 is 4.39. The lowest BCUT2D eigenvalue weighted by Gasteiger charge is -1.95. The highest BCUT2D eigenvalue weighted by Crippen LogP contribution is 2.21. The van der Waals surface area contributed by atoms with Crippen LogP contribution in [0.15, 0.2) is 29.3 Å². The molecular weight excluding hydrogens is 330 g/mol. The van der Waals surface area contributed by atoms with Gasteiger partial charge in [0.25, 0.3) is 5.88 Å². The molecule has 0 radical (unpaired) electrons. The Morgan fingerprint density at radius 2 is 2.06 bits per heavy atom. The lowest BCUT2D eigenvalue weighted by Crippen LogP contribution is -2.36. The average Bonchev–Trinajstić information content (AvgIpc) is 2.63. The Bertz CT molecular complexity index is 624. The molecule has 2 aromatic heterocycles. The number of hydrogen-bond donors (Lipinski definition) is 1. The second-order valence-electron chi connectivity index (χ2n) is 3.18. The second-order valence-corrected chi connectivity index (χ2v) is 6.06. The molecule has 17 heavy (non-hydrogen) atoms. The van der Waals surface area contributed by atoms with Crippen LogP contribution in [0.5, 0.6) is 0 Å². The lowest BCUT2D eigenvalue weighted by molar-refractivity contribution is -0.678. The van der Waals surface area contributed by atoms with Gasteiger partial charge in [0, 0.05) is 17.7 Å². The summed E-state index contributed by atoms with van der Waals surface area (Å²) in [5.74, 6) is -0.465. The number of hydrogen-bond acceptors (Lipinski definition) is 5. The van der Waals surface area contributed by atoms with E-state index in [1.165, 1.54) is 16.1 Å². The van der Waals surface area contributed by atoms with Crippen LogP contribution < -0.4 is 4.57 Å². The highest BCUT2D eigenvalue weighted by atomic mass is 79.9. The molecule has 0 saturated heterocycles. The maximum atomic E-state index is 10.7. The van der Waals surface area contributed by atoms with Gasteiger partial charge >= 0.3 is 10.1 Å². The van der Waals surface area contributed by atoms with E-state index in [9.17, 15) is 8.42 Å². The Morgan fingerprint density at radius 1 is 1.41 bits per heavy atom. The first-order chi connectivity index (χ1) is 7.94. The van der Waals surface area contributed by atoms with Crippen molar-refractivity contribution in [1.82, 2.24) is 9.36 Å². The predicted molar refractivity (Wildman–Crippen MR) is 64.8 cm³/mol. The molecule has 2 aromatic rings. The van der Waals surface area contributed by atoms with Gasteiger partial charge in [-0.2, -0.15) is 17.4 Å². The van der Waals surface area contributed by atoms with Crippen molar-refractivity contribution in [3.63, 3.8) is 0 Å². The van der Waals surface area contributed by atoms with Crippen LogP contribution in [-0.2, 0) is 16.0 Å². The molecule has 0 saturated carbocycles. The van der Waals surface area contributed by atoms with E-state index >= 15 is 0 Å². The number of rotatable bonds is 3. The van der Waals surface area contributed by atoms with E-state index in [-0.39, 0.29) is 0 Å². The highest BCUT2D eigenvalue weighted by Gasteiger charge is 2.13. The molecule has 0 aromatic carbocycles. The fraction of sp³-hybridized carbons (Fsp3) is 0.125. The Labute approximate surface area is 110 Å². The van der Waals surface area contributed by atoms with Crippen LogP contribution in [0.25, 0.3) is 10.6 Å². The summed E-state index contributed by atoms with van der Waals surface area (Å²) in [7, 11) is -4.02. The van der Waals surface area contributed by atoms with E-state index in [0.717, 1.165) is 10.6 Å². The molecule has 2 rings (SSSR count). The molecule has 0 unspecified atom stereocenters. The van der Waals surface area contributed by atoms with Crippen molar-refractivity contribution in [3.05, 3.63) is 29.3 Å². The monoisotopic (exact) mass is 336 g/mol. The van der Waals surface area contributed by atoms with Crippen molar-refractivity contribution >= 4 is 37.6 Å². The lowest BCUT2D eigenvalue weighted by atomic mass is 10.3. The van der Waals surface area contributed by atoms with Crippen LogP contribution in [0, 0.1) is 0 Å². The van der Waals surface area contributed by atoms with E-state index < -0.39 is 16.0 Å². The van der Waals surface area contributed by atoms with Crippen molar-refractivity contribution in [3.8, 4) is 10.6 Å². The molecule has 0 aliphatic carbocycles. The molecule has 9 heteroatoms. The van der Waals surface area contributed by atoms with Gasteiger partial charge in [0.2, 0.25) is 4.73 Å². The van der Waals surface area contributed by atoms with Gasteiger partial charge in [0.15, 0.2) is 12.4 Å². The molecule has 6 nitrogen and oxygen atoms in total. The van der Waals surface area contributed by atoms with E-state index in [2.05, 4.69) is 25.3 Å². The van der Waals surface area contributed by atoms with Crippen LogP contribution >= 0.6 is 27.5 Å². The van der Waals surface area contributed by atoms with E-state index in [1.807, 2.05) is 0 Å². The first-order valence-corrected chi connectivity index (χ1v) is 7.55. The Morgan fingerprint density at radius 3 is 2.53 bits per heavy atom. The van der Waals surface area contributed by atoms with E-state index in [4.69, 9.17) is 4.55 Å². The van der Waals surface area contributed by atoms with Gasteiger partial charge in [0.1, 0.15) is 5.01 Å². The molecule has 0 spiro atoms. The molecule has 1 N–H and O–H groups in total. The molecular formula is C8H7BrN3O3S2+. The highest BCUT2D eigenvalue weighted by molar-refractivity contribution is 9.10. The minimum absolute atomic E-state index is 0.465. The third-order valence-corrected chi connectivity index (χ3v) is 3.83. The molecule has 0 bridgehead atoms. The molecule has 90 valence electrons. The SMILES string of the molecule is O=S(=O)(O)C[n+]1ccc(-c2nc(Br)ns2)cc1. The summed E-state index contributed by atoms with van der Waals surface area (Å²) in [4.78, 5) is 4.13. The third-order valence-electron chi connectivity index (χ3n) is 1.85. The van der Waals surface area contributed by atoms with Gasteiger partial charge < -0.3 is 0 Å². The van der Waals surface area contributed by atoms with Crippen LogP contribution in [-0.4, -0.2) is 22.3 Å². The van der Waals surface area contributed by atoms with Crippen molar-refractivity contribution in [1.29, 1.82) is 0 Å². The Kier molecular flexibility index (Phi) is 3.52. The summed E-state index contributed by atoms with van der Waals surface area (Å²) in [5, 5.41) is 0.732. The number of pyridine rings is 1. The molecule has 2 heterocycles. The summed E-state index contributed by atoms with van der Waals surface area (Å²) in [6.07, 6.45) is 3.11.